The van der Waals surface area contributed by atoms with Gasteiger partial charge in [0.15, 0.2) is 6.10 Å². The van der Waals surface area contributed by atoms with Crippen LogP contribution >= 0.6 is 7.82 Å². The summed E-state index contributed by atoms with van der Waals surface area (Å²) in [6.07, 6.45) is 41.4. The SMILES string of the molecule is CCCCC/C=C\C/C=C\CCCCCCCC(=O)O[C@H](COC(=O)CCCC(O)/C=C/C=C/C/C=C/CCCCCCCC)COP(=O)(O)OCCN. The van der Waals surface area contributed by atoms with Crippen molar-refractivity contribution in [2.75, 3.05) is 26.4 Å². The zero-order valence-electron chi connectivity index (χ0n) is 33.8. The standard InChI is InChI=1S/C43H76NO9P/c1-3-5-7-9-11-13-15-17-18-20-22-24-26-28-30-34-43(47)53-41(39-52-54(48,49)51-37-36-44)38-50-42(46)35-31-33-40(45)32-29-27-25-23-21-19-16-14-12-10-8-6-4-2/h11,13,17-19,21,25,27,29,32,40-41,45H,3-10,12,14-16,20,22-24,26,28,30-31,33-39,44H2,1-2H3,(H,48,49)/b13-11-,18-17-,21-19+,27-25+,32-29+/t40?,41-/m1/s1. The maximum atomic E-state index is 12.6. The highest BCUT2D eigenvalue weighted by Crippen LogP contribution is 2.43. The summed E-state index contributed by atoms with van der Waals surface area (Å²) in [5, 5.41) is 10.2. The van der Waals surface area contributed by atoms with Crippen LogP contribution < -0.4 is 5.73 Å². The van der Waals surface area contributed by atoms with Gasteiger partial charge < -0.3 is 25.2 Å². The number of rotatable bonds is 38. The molecule has 0 heterocycles. The Balaban J connectivity index is 4.40. The van der Waals surface area contributed by atoms with Gasteiger partial charge in [-0.15, -0.1) is 0 Å². The Morgan fingerprint density at radius 1 is 0.648 bits per heavy atom. The zero-order valence-corrected chi connectivity index (χ0v) is 34.7. The molecule has 0 bridgehead atoms. The van der Waals surface area contributed by atoms with E-state index in [1.54, 1.807) is 12.2 Å². The number of aliphatic hydroxyl groups excluding tert-OH is 1. The molecule has 4 N–H and O–H groups in total. The fourth-order valence-corrected chi connectivity index (χ4v) is 6.08. The van der Waals surface area contributed by atoms with Crippen LogP contribution in [0.5, 0.6) is 0 Å². The number of nitrogens with two attached hydrogens (primary N) is 1. The predicted octanol–water partition coefficient (Wildman–Crippen LogP) is 10.7. The molecule has 0 spiro atoms. The Morgan fingerprint density at radius 2 is 1.19 bits per heavy atom. The maximum absolute atomic E-state index is 12.6. The van der Waals surface area contributed by atoms with Crippen molar-refractivity contribution < 1.29 is 42.7 Å². The van der Waals surface area contributed by atoms with E-state index < -0.39 is 38.6 Å². The van der Waals surface area contributed by atoms with E-state index >= 15 is 0 Å². The highest BCUT2D eigenvalue weighted by atomic mass is 31.2. The monoisotopic (exact) mass is 782 g/mol. The Bertz CT molecular complexity index is 1090. The molecule has 0 rings (SSSR count). The van der Waals surface area contributed by atoms with Crippen LogP contribution in [0.2, 0.25) is 0 Å². The number of carbonyl (C=O) groups is 2. The smallest absolute Gasteiger partial charge is 0.462 e. The Hall–Kier alpha value is -2.33. The quantitative estimate of drug-likeness (QED) is 0.0181. The van der Waals surface area contributed by atoms with Gasteiger partial charge in [-0.25, -0.2) is 4.57 Å². The number of ether oxygens (including phenoxy) is 2. The molecule has 0 aromatic carbocycles. The van der Waals surface area contributed by atoms with Gasteiger partial charge in [0.25, 0.3) is 0 Å². The van der Waals surface area contributed by atoms with E-state index in [-0.39, 0.29) is 32.6 Å². The molecule has 54 heavy (non-hydrogen) atoms. The summed E-state index contributed by atoms with van der Waals surface area (Å²) < 4.78 is 32.6. The van der Waals surface area contributed by atoms with Crippen molar-refractivity contribution in [3.05, 3.63) is 60.8 Å². The number of carbonyl (C=O) groups excluding carboxylic acids is 2. The lowest BCUT2D eigenvalue weighted by Gasteiger charge is -2.20. The lowest BCUT2D eigenvalue weighted by Crippen LogP contribution is -2.29. The van der Waals surface area contributed by atoms with E-state index in [0.29, 0.717) is 19.3 Å². The van der Waals surface area contributed by atoms with Crippen LogP contribution in [0.1, 0.15) is 162 Å². The topological polar surface area (TPSA) is 155 Å². The van der Waals surface area contributed by atoms with Gasteiger partial charge in [0, 0.05) is 19.4 Å². The molecule has 312 valence electrons. The molecule has 0 aliphatic rings. The Labute approximate surface area is 328 Å². The molecule has 0 fully saturated rings. The number of esters is 2. The van der Waals surface area contributed by atoms with Gasteiger partial charge in [0.05, 0.1) is 19.3 Å². The largest absolute Gasteiger partial charge is 0.472 e. The van der Waals surface area contributed by atoms with Crippen molar-refractivity contribution >= 4 is 19.8 Å². The Kier molecular flexibility index (Phi) is 37.2. The fraction of sp³-hybridized carbons (Fsp3) is 0.721. The van der Waals surface area contributed by atoms with Gasteiger partial charge in [-0.3, -0.25) is 18.6 Å². The lowest BCUT2D eigenvalue weighted by atomic mass is 10.1. The van der Waals surface area contributed by atoms with E-state index in [1.165, 1.54) is 57.8 Å². The van der Waals surface area contributed by atoms with Crippen molar-refractivity contribution in [2.45, 2.75) is 174 Å². The molecule has 0 saturated carbocycles. The highest BCUT2D eigenvalue weighted by molar-refractivity contribution is 7.47. The van der Waals surface area contributed by atoms with E-state index in [1.807, 2.05) is 12.2 Å². The average molecular weight is 782 g/mol. The van der Waals surface area contributed by atoms with E-state index in [9.17, 15) is 24.2 Å². The van der Waals surface area contributed by atoms with Crippen LogP contribution in [0.25, 0.3) is 0 Å². The summed E-state index contributed by atoms with van der Waals surface area (Å²) in [6.45, 7) is 3.45. The molecule has 0 amide bonds. The first-order chi connectivity index (χ1) is 26.2. The minimum Gasteiger partial charge on any atom is -0.462 e. The second-order valence-corrected chi connectivity index (χ2v) is 15.2. The molecule has 3 atom stereocenters. The predicted molar refractivity (Wildman–Crippen MR) is 221 cm³/mol. The fourth-order valence-electron chi connectivity index (χ4n) is 5.32. The lowest BCUT2D eigenvalue weighted by molar-refractivity contribution is -0.161. The van der Waals surface area contributed by atoms with Crippen molar-refractivity contribution in [1.82, 2.24) is 0 Å². The molecule has 11 heteroatoms. The number of aliphatic hydroxyl groups is 1. The molecule has 0 aromatic rings. The molecule has 0 saturated heterocycles. The molecular formula is C43H76NO9P. The average Bonchev–Trinajstić information content (AvgIpc) is 3.15. The second kappa shape index (κ2) is 38.9. The first kappa shape index (κ1) is 51.7. The van der Waals surface area contributed by atoms with E-state index in [0.717, 1.165) is 57.8 Å². The van der Waals surface area contributed by atoms with Crippen LogP contribution in [-0.2, 0) is 32.7 Å². The third kappa shape index (κ3) is 38.0. The second-order valence-electron chi connectivity index (χ2n) is 13.7. The normalized spacial score (nSPS) is 14.5. The van der Waals surface area contributed by atoms with Crippen LogP contribution in [0.3, 0.4) is 0 Å². The molecule has 0 aromatic heterocycles. The first-order valence-corrected chi connectivity index (χ1v) is 22.4. The molecule has 2 unspecified atom stereocenters. The first-order valence-electron chi connectivity index (χ1n) is 20.9. The summed E-state index contributed by atoms with van der Waals surface area (Å²) in [4.78, 5) is 34.8. The van der Waals surface area contributed by atoms with Crippen molar-refractivity contribution in [3.63, 3.8) is 0 Å². The summed E-state index contributed by atoms with van der Waals surface area (Å²) in [6, 6.07) is 0. The minimum atomic E-state index is -4.42. The summed E-state index contributed by atoms with van der Waals surface area (Å²) in [7, 11) is -4.42. The van der Waals surface area contributed by atoms with Crippen molar-refractivity contribution in [2.24, 2.45) is 5.73 Å². The third-order valence-electron chi connectivity index (χ3n) is 8.48. The minimum absolute atomic E-state index is 0.0235. The van der Waals surface area contributed by atoms with Gasteiger partial charge in [0.1, 0.15) is 6.61 Å². The molecule has 0 aliphatic heterocycles. The van der Waals surface area contributed by atoms with Crippen molar-refractivity contribution in [1.29, 1.82) is 0 Å². The number of phosphoric acid groups is 1. The summed E-state index contributed by atoms with van der Waals surface area (Å²) in [5.74, 6) is -1.05. The number of hydrogen-bond donors (Lipinski definition) is 3. The van der Waals surface area contributed by atoms with Gasteiger partial charge in [-0.2, -0.15) is 0 Å². The van der Waals surface area contributed by atoms with Gasteiger partial charge in [-0.1, -0.05) is 139 Å². The van der Waals surface area contributed by atoms with Crippen LogP contribution in [0.4, 0.5) is 0 Å². The highest BCUT2D eigenvalue weighted by Gasteiger charge is 2.26. The number of unbranched alkanes of at least 4 members (excludes halogenated alkanes) is 14. The molecule has 0 aliphatic carbocycles. The number of allylic oxidation sites excluding steroid dienone is 9. The third-order valence-corrected chi connectivity index (χ3v) is 9.46. The Morgan fingerprint density at radius 3 is 1.81 bits per heavy atom. The van der Waals surface area contributed by atoms with E-state index in [2.05, 4.69) is 50.3 Å². The zero-order chi connectivity index (χ0) is 39.8. The molecular weight excluding hydrogens is 705 g/mol. The number of phosphoric ester groups is 1. The summed E-state index contributed by atoms with van der Waals surface area (Å²) in [5.41, 5.74) is 5.33. The van der Waals surface area contributed by atoms with Gasteiger partial charge in [-0.05, 0) is 70.6 Å². The van der Waals surface area contributed by atoms with Gasteiger partial charge in [0.2, 0.25) is 0 Å². The van der Waals surface area contributed by atoms with Crippen molar-refractivity contribution in [3.8, 4) is 0 Å². The van der Waals surface area contributed by atoms with Gasteiger partial charge >= 0.3 is 19.8 Å². The van der Waals surface area contributed by atoms with Crippen LogP contribution in [0.15, 0.2) is 60.8 Å². The van der Waals surface area contributed by atoms with E-state index in [4.69, 9.17) is 24.3 Å². The molecule has 0 radical (unpaired) electrons. The molecule has 10 nitrogen and oxygen atoms in total. The van der Waals surface area contributed by atoms with Crippen LogP contribution in [-0.4, -0.2) is 60.5 Å². The van der Waals surface area contributed by atoms with Crippen LogP contribution in [0, 0.1) is 0 Å². The number of hydrogen-bond acceptors (Lipinski definition) is 9. The maximum Gasteiger partial charge on any atom is 0.472 e. The summed E-state index contributed by atoms with van der Waals surface area (Å²) >= 11 is 0.